The van der Waals surface area contributed by atoms with Gasteiger partial charge in [-0.3, -0.25) is 0 Å². The van der Waals surface area contributed by atoms with Crippen molar-refractivity contribution in [1.29, 1.82) is 0 Å². The first-order chi connectivity index (χ1) is 6.69. The smallest absolute Gasteiger partial charge is 0.0727 e. The monoisotopic (exact) mass is 199 g/mol. The molecule has 0 aliphatic carbocycles. The van der Waals surface area contributed by atoms with Crippen molar-refractivity contribution in [3.8, 4) is 0 Å². The Kier molecular flexibility index (Phi) is 4.90. The van der Waals surface area contributed by atoms with Gasteiger partial charge in [0.15, 0.2) is 0 Å². The molecule has 1 saturated heterocycles. The molecule has 0 aromatic rings. The number of unbranched alkanes of at least 4 members (excludes halogenated alkanes) is 4. The molecule has 84 valence electrons. The van der Waals surface area contributed by atoms with E-state index in [2.05, 4.69) is 13.8 Å². The van der Waals surface area contributed by atoms with E-state index in [1.165, 1.54) is 32.1 Å². The summed E-state index contributed by atoms with van der Waals surface area (Å²) < 4.78 is 5.52. The van der Waals surface area contributed by atoms with E-state index in [-0.39, 0.29) is 11.6 Å². The van der Waals surface area contributed by atoms with Crippen molar-refractivity contribution in [3.05, 3.63) is 0 Å². The standard InChI is InChI=1S/C12H25NO/c1-3-4-5-6-7-8-12(13)9-10-14-11(12)2/h11H,3-10,13H2,1-2H3. The molecular formula is C12H25NO. The molecule has 1 rings (SSSR count). The zero-order valence-corrected chi connectivity index (χ0v) is 9.72. The summed E-state index contributed by atoms with van der Waals surface area (Å²) in [5.74, 6) is 0. The molecule has 1 aliphatic rings. The minimum Gasteiger partial charge on any atom is -0.377 e. The predicted octanol–water partition coefficient (Wildman–Crippen LogP) is 2.85. The van der Waals surface area contributed by atoms with Gasteiger partial charge in [-0.2, -0.15) is 0 Å². The Hall–Kier alpha value is -0.0800. The van der Waals surface area contributed by atoms with E-state index in [1.807, 2.05) is 0 Å². The van der Waals surface area contributed by atoms with Crippen LogP contribution in [-0.4, -0.2) is 18.2 Å². The van der Waals surface area contributed by atoms with E-state index < -0.39 is 0 Å². The number of rotatable bonds is 6. The van der Waals surface area contributed by atoms with Crippen molar-refractivity contribution in [2.75, 3.05) is 6.61 Å². The molecule has 0 aromatic heterocycles. The Morgan fingerprint density at radius 2 is 2.00 bits per heavy atom. The van der Waals surface area contributed by atoms with Crippen molar-refractivity contribution < 1.29 is 4.74 Å². The first-order valence-electron chi connectivity index (χ1n) is 6.09. The van der Waals surface area contributed by atoms with Crippen LogP contribution in [0.2, 0.25) is 0 Å². The van der Waals surface area contributed by atoms with Crippen LogP contribution in [0.1, 0.15) is 58.8 Å². The van der Waals surface area contributed by atoms with Gasteiger partial charge in [-0.25, -0.2) is 0 Å². The van der Waals surface area contributed by atoms with Gasteiger partial charge in [0.1, 0.15) is 0 Å². The second-order valence-corrected chi connectivity index (χ2v) is 4.66. The molecule has 0 amide bonds. The van der Waals surface area contributed by atoms with Crippen molar-refractivity contribution in [2.24, 2.45) is 5.73 Å². The molecule has 0 radical (unpaired) electrons. The average Bonchev–Trinajstić information content (AvgIpc) is 2.47. The van der Waals surface area contributed by atoms with Crippen molar-refractivity contribution in [3.63, 3.8) is 0 Å². The maximum atomic E-state index is 6.29. The predicted molar refractivity (Wildman–Crippen MR) is 60.3 cm³/mol. The highest BCUT2D eigenvalue weighted by atomic mass is 16.5. The average molecular weight is 199 g/mol. The maximum Gasteiger partial charge on any atom is 0.0727 e. The molecule has 0 spiro atoms. The molecule has 2 heteroatoms. The molecule has 0 saturated carbocycles. The van der Waals surface area contributed by atoms with Crippen molar-refractivity contribution in [2.45, 2.75) is 70.4 Å². The molecule has 1 aliphatic heterocycles. The Balaban J connectivity index is 2.10. The van der Waals surface area contributed by atoms with E-state index >= 15 is 0 Å². The Morgan fingerprint density at radius 1 is 1.29 bits per heavy atom. The summed E-state index contributed by atoms with van der Waals surface area (Å²) in [5.41, 5.74) is 6.27. The molecule has 2 atom stereocenters. The molecule has 0 aromatic carbocycles. The van der Waals surface area contributed by atoms with E-state index in [4.69, 9.17) is 10.5 Å². The van der Waals surface area contributed by atoms with Gasteiger partial charge in [-0.1, -0.05) is 39.0 Å². The van der Waals surface area contributed by atoms with Crippen LogP contribution in [-0.2, 0) is 4.74 Å². The normalized spacial score (nSPS) is 32.4. The molecule has 2 unspecified atom stereocenters. The summed E-state index contributed by atoms with van der Waals surface area (Å²) in [6, 6.07) is 0. The number of hydrogen-bond acceptors (Lipinski definition) is 2. The van der Waals surface area contributed by atoms with Gasteiger partial charge < -0.3 is 10.5 Å². The Bertz CT molecular complexity index is 160. The van der Waals surface area contributed by atoms with Gasteiger partial charge >= 0.3 is 0 Å². The number of hydrogen-bond donors (Lipinski definition) is 1. The highest BCUT2D eigenvalue weighted by molar-refractivity contribution is 4.94. The molecule has 1 fully saturated rings. The fraction of sp³-hybridized carbons (Fsp3) is 1.00. The highest BCUT2D eigenvalue weighted by Gasteiger charge is 2.36. The van der Waals surface area contributed by atoms with Gasteiger partial charge in [-0.05, 0) is 19.8 Å². The Morgan fingerprint density at radius 3 is 2.57 bits per heavy atom. The largest absolute Gasteiger partial charge is 0.377 e. The summed E-state index contributed by atoms with van der Waals surface area (Å²) in [6.45, 7) is 5.21. The third-order valence-corrected chi connectivity index (χ3v) is 3.49. The van der Waals surface area contributed by atoms with Crippen LogP contribution < -0.4 is 5.73 Å². The van der Waals surface area contributed by atoms with Gasteiger partial charge in [0.05, 0.1) is 6.10 Å². The first kappa shape index (κ1) is 12.0. The summed E-state index contributed by atoms with van der Waals surface area (Å²) in [7, 11) is 0. The zero-order chi connectivity index (χ0) is 10.4. The third-order valence-electron chi connectivity index (χ3n) is 3.49. The van der Waals surface area contributed by atoms with Gasteiger partial charge in [0.2, 0.25) is 0 Å². The third kappa shape index (κ3) is 3.25. The van der Waals surface area contributed by atoms with E-state index in [1.54, 1.807) is 0 Å². The molecule has 14 heavy (non-hydrogen) atoms. The topological polar surface area (TPSA) is 35.2 Å². The first-order valence-corrected chi connectivity index (χ1v) is 6.09. The van der Waals surface area contributed by atoms with Crippen LogP contribution in [0.25, 0.3) is 0 Å². The van der Waals surface area contributed by atoms with Gasteiger partial charge in [0.25, 0.3) is 0 Å². The van der Waals surface area contributed by atoms with Gasteiger partial charge in [0, 0.05) is 12.1 Å². The van der Waals surface area contributed by atoms with Crippen molar-refractivity contribution in [1.82, 2.24) is 0 Å². The quantitative estimate of drug-likeness (QED) is 0.668. The summed E-state index contributed by atoms with van der Waals surface area (Å²) in [5, 5.41) is 0. The second kappa shape index (κ2) is 5.72. The lowest BCUT2D eigenvalue weighted by molar-refractivity contribution is 0.0920. The fourth-order valence-corrected chi connectivity index (χ4v) is 2.18. The summed E-state index contributed by atoms with van der Waals surface area (Å²) >= 11 is 0. The molecular weight excluding hydrogens is 174 g/mol. The number of ether oxygens (including phenoxy) is 1. The number of nitrogens with two attached hydrogens (primary N) is 1. The minimum absolute atomic E-state index is 0.0216. The SMILES string of the molecule is CCCCCCCC1(N)CCOC1C. The highest BCUT2D eigenvalue weighted by Crippen LogP contribution is 2.28. The van der Waals surface area contributed by atoms with Crippen LogP contribution in [0.3, 0.4) is 0 Å². The van der Waals surface area contributed by atoms with Crippen LogP contribution in [0.5, 0.6) is 0 Å². The van der Waals surface area contributed by atoms with E-state index in [9.17, 15) is 0 Å². The van der Waals surface area contributed by atoms with Crippen molar-refractivity contribution >= 4 is 0 Å². The zero-order valence-electron chi connectivity index (χ0n) is 9.72. The van der Waals surface area contributed by atoms with E-state index in [0.29, 0.717) is 0 Å². The fourth-order valence-electron chi connectivity index (χ4n) is 2.18. The molecule has 1 heterocycles. The lowest BCUT2D eigenvalue weighted by atomic mass is 9.87. The lowest BCUT2D eigenvalue weighted by Gasteiger charge is -2.27. The maximum absolute atomic E-state index is 6.29. The van der Waals surface area contributed by atoms with Crippen LogP contribution in [0.4, 0.5) is 0 Å². The van der Waals surface area contributed by atoms with Crippen LogP contribution in [0, 0.1) is 0 Å². The van der Waals surface area contributed by atoms with Crippen LogP contribution >= 0.6 is 0 Å². The summed E-state index contributed by atoms with van der Waals surface area (Å²) in [6.07, 6.45) is 9.08. The molecule has 2 N–H and O–H groups in total. The molecule has 2 nitrogen and oxygen atoms in total. The summed E-state index contributed by atoms with van der Waals surface area (Å²) in [4.78, 5) is 0. The molecule has 0 bridgehead atoms. The second-order valence-electron chi connectivity index (χ2n) is 4.66. The lowest BCUT2D eigenvalue weighted by Crippen LogP contribution is -2.45. The minimum atomic E-state index is -0.0216. The van der Waals surface area contributed by atoms with Gasteiger partial charge in [-0.15, -0.1) is 0 Å². The Labute approximate surface area is 88.2 Å². The van der Waals surface area contributed by atoms with Crippen LogP contribution in [0.15, 0.2) is 0 Å². The van der Waals surface area contributed by atoms with E-state index in [0.717, 1.165) is 19.4 Å².